The average Bonchev–Trinajstić information content (AvgIpc) is 3.11. The minimum absolute atomic E-state index is 0.133. The van der Waals surface area contributed by atoms with Crippen LogP contribution in [0.5, 0.6) is 0 Å². The van der Waals surface area contributed by atoms with E-state index >= 15 is 0 Å². The number of nitrogens with one attached hydrogen (secondary N) is 1. The molecule has 1 atom stereocenters. The van der Waals surface area contributed by atoms with Crippen LogP contribution in [0.1, 0.15) is 28.9 Å². The fourth-order valence-corrected chi connectivity index (χ4v) is 2.95. The van der Waals surface area contributed by atoms with Crippen molar-refractivity contribution in [2.24, 2.45) is 0 Å². The van der Waals surface area contributed by atoms with Gasteiger partial charge in [-0.05, 0) is 42.7 Å². The Hall–Kier alpha value is -2.40. The molecule has 1 aromatic carbocycles. The first-order valence-corrected chi connectivity index (χ1v) is 8.27. The number of carbonyl (C=O) groups excluding carboxylic acids is 2. The number of halogens is 1. The van der Waals surface area contributed by atoms with Crippen molar-refractivity contribution < 1.29 is 9.59 Å². The molecule has 2 aromatic rings. The van der Waals surface area contributed by atoms with Crippen molar-refractivity contribution in [1.82, 2.24) is 15.2 Å². The molecule has 3 rings (SSSR count). The molecule has 2 amide bonds. The van der Waals surface area contributed by atoms with E-state index in [-0.39, 0.29) is 11.8 Å². The summed E-state index contributed by atoms with van der Waals surface area (Å²) in [6.45, 7) is 0.993. The number of pyridine rings is 1. The minimum atomic E-state index is -0.438. The van der Waals surface area contributed by atoms with Gasteiger partial charge in [0, 0.05) is 24.3 Å². The van der Waals surface area contributed by atoms with Crippen LogP contribution in [0.4, 0.5) is 0 Å². The largest absolute Gasteiger partial charge is 0.350 e. The Morgan fingerprint density at radius 3 is 2.71 bits per heavy atom. The van der Waals surface area contributed by atoms with E-state index in [1.807, 2.05) is 12.1 Å². The monoisotopic (exact) mass is 343 g/mol. The Balaban J connectivity index is 1.63. The highest BCUT2D eigenvalue weighted by atomic mass is 35.5. The van der Waals surface area contributed by atoms with Gasteiger partial charge in [0.2, 0.25) is 5.91 Å². The van der Waals surface area contributed by atoms with Crippen molar-refractivity contribution in [3.05, 3.63) is 64.9 Å². The lowest BCUT2D eigenvalue weighted by atomic mass is 10.1. The first kappa shape index (κ1) is 16.5. The lowest BCUT2D eigenvalue weighted by Crippen LogP contribution is -2.45. The number of hydrogen-bond acceptors (Lipinski definition) is 3. The highest BCUT2D eigenvalue weighted by Crippen LogP contribution is 2.20. The van der Waals surface area contributed by atoms with Gasteiger partial charge in [0.15, 0.2) is 0 Å². The molecular weight excluding hydrogens is 326 g/mol. The van der Waals surface area contributed by atoms with Gasteiger partial charge in [-0.2, -0.15) is 0 Å². The SMILES string of the molecule is O=C(NCc1ccc(Cl)cc1)C1CCCN1C(=O)c1ccccn1. The van der Waals surface area contributed by atoms with E-state index < -0.39 is 6.04 Å². The van der Waals surface area contributed by atoms with Gasteiger partial charge in [-0.25, -0.2) is 0 Å². The van der Waals surface area contributed by atoms with Crippen molar-refractivity contribution in [3.63, 3.8) is 0 Å². The number of benzene rings is 1. The molecule has 124 valence electrons. The molecule has 1 aromatic heterocycles. The number of nitrogens with zero attached hydrogens (tertiary/aromatic N) is 2. The van der Waals surface area contributed by atoms with Gasteiger partial charge >= 0.3 is 0 Å². The number of hydrogen-bond donors (Lipinski definition) is 1. The van der Waals surface area contributed by atoms with Crippen molar-refractivity contribution >= 4 is 23.4 Å². The highest BCUT2D eigenvalue weighted by Gasteiger charge is 2.34. The van der Waals surface area contributed by atoms with E-state index in [4.69, 9.17) is 11.6 Å². The summed E-state index contributed by atoms with van der Waals surface area (Å²) in [5, 5.41) is 3.56. The van der Waals surface area contributed by atoms with Crippen molar-refractivity contribution in [2.75, 3.05) is 6.54 Å². The fraction of sp³-hybridized carbons (Fsp3) is 0.278. The van der Waals surface area contributed by atoms with Gasteiger partial charge in [0.25, 0.3) is 5.91 Å². The summed E-state index contributed by atoms with van der Waals surface area (Å²) >= 11 is 5.85. The molecule has 1 N–H and O–H groups in total. The van der Waals surface area contributed by atoms with Crippen LogP contribution in [-0.4, -0.2) is 34.3 Å². The van der Waals surface area contributed by atoms with Crippen LogP contribution in [0.2, 0.25) is 5.02 Å². The van der Waals surface area contributed by atoms with Gasteiger partial charge in [-0.3, -0.25) is 14.6 Å². The topological polar surface area (TPSA) is 62.3 Å². The molecule has 0 radical (unpaired) electrons. The summed E-state index contributed by atoms with van der Waals surface area (Å²) in [5.41, 5.74) is 1.34. The van der Waals surface area contributed by atoms with E-state index in [9.17, 15) is 9.59 Å². The summed E-state index contributed by atoms with van der Waals surface area (Å²) in [4.78, 5) is 30.7. The molecular formula is C18H18ClN3O2. The second kappa shape index (κ2) is 7.45. The van der Waals surface area contributed by atoms with Crippen LogP contribution >= 0.6 is 11.6 Å². The molecule has 1 unspecified atom stereocenters. The molecule has 1 fully saturated rings. The van der Waals surface area contributed by atoms with E-state index in [0.29, 0.717) is 30.2 Å². The maximum Gasteiger partial charge on any atom is 0.273 e. The Morgan fingerprint density at radius 1 is 1.21 bits per heavy atom. The first-order chi connectivity index (χ1) is 11.6. The summed E-state index contributed by atoms with van der Waals surface area (Å²) in [5.74, 6) is -0.327. The van der Waals surface area contributed by atoms with Crippen LogP contribution in [0.15, 0.2) is 48.7 Å². The summed E-state index contributed by atoms with van der Waals surface area (Å²) in [6.07, 6.45) is 3.07. The Bertz CT molecular complexity index is 719. The fourth-order valence-electron chi connectivity index (χ4n) is 2.83. The molecule has 0 saturated carbocycles. The van der Waals surface area contributed by atoms with Crippen LogP contribution in [0.3, 0.4) is 0 Å². The number of carbonyl (C=O) groups is 2. The maximum absolute atomic E-state index is 12.5. The zero-order valence-electron chi connectivity index (χ0n) is 13.1. The lowest BCUT2D eigenvalue weighted by molar-refractivity contribution is -0.125. The molecule has 24 heavy (non-hydrogen) atoms. The minimum Gasteiger partial charge on any atom is -0.350 e. The molecule has 0 bridgehead atoms. The van der Waals surface area contributed by atoms with E-state index in [1.54, 1.807) is 41.4 Å². The van der Waals surface area contributed by atoms with Gasteiger partial charge < -0.3 is 10.2 Å². The van der Waals surface area contributed by atoms with Crippen molar-refractivity contribution in [3.8, 4) is 0 Å². The second-order valence-electron chi connectivity index (χ2n) is 5.72. The lowest BCUT2D eigenvalue weighted by Gasteiger charge is -2.23. The highest BCUT2D eigenvalue weighted by molar-refractivity contribution is 6.30. The number of aromatic nitrogens is 1. The van der Waals surface area contributed by atoms with Gasteiger partial charge in [-0.1, -0.05) is 29.8 Å². The molecule has 1 aliphatic rings. The molecule has 5 nitrogen and oxygen atoms in total. The van der Waals surface area contributed by atoms with Gasteiger partial charge in [0.1, 0.15) is 11.7 Å². The molecule has 0 spiro atoms. The predicted octanol–water partition coefficient (Wildman–Crippen LogP) is 2.66. The van der Waals surface area contributed by atoms with Crippen LogP contribution < -0.4 is 5.32 Å². The summed E-state index contributed by atoms with van der Waals surface area (Å²) in [7, 11) is 0. The second-order valence-corrected chi connectivity index (χ2v) is 6.15. The smallest absolute Gasteiger partial charge is 0.273 e. The van der Waals surface area contributed by atoms with Crippen LogP contribution in [0.25, 0.3) is 0 Å². The van der Waals surface area contributed by atoms with Crippen molar-refractivity contribution in [2.45, 2.75) is 25.4 Å². The summed E-state index contributed by atoms with van der Waals surface area (Å²) in [6, 6.07) is 12.1. The Kier molecular flexibility index (Phi) is 5.11. The third-order valence-electron chi connectivity index (χ3n) is 4.08. The van der Waals surface area contributed by atoms with E-state index in [1.165, 1.54) is 0 Å². The predicted molar refractivity (Wildman–Crippen MR) is 91.6 cm³/mol. The molecule has 1 aliphatic heterocycles. The maximum atomic E-state index is 12.5. The third-order valence-corrected chi connectivity index (χ3v) is 4.33. The average molecular weight is 344 g/mol. The molecule has 6 heteroatoms. The summed E-state index contributed by atoms with van der Waals surface area (Å²) < 4.78 is 0. The normalized spacial score (nSPS) is 16.9. The number of likely N-dealkylation sites (tertiary alicyclic amines) is 1. The van der Waals surface area contributed by atoms with Crippen LogP contribution in [-0.2, 0) is 11.3 Å². The first-order valence-electron chi connectivity index (χ1n) is 7.89. The zero-order chi connectivity index (χ0) is 16.9. The molecule has 1 saturated heterocycles. The zero-order valence-corrected chi connectivity index (χ0v) is 13.9. The van der Waals surface area contributed by atoms with Gasteiger partial charge in [-0.15, -0.1) is 0 Å². The molecule has 2 heterocycles. The quantitative estimate of drug-likeness (QED) is 0.928. The number of amides is 2. The standard InChI is InChI=1S/C18H18ClN3O2/c19-14-8-6-13(7-9-14)12-21-17(23)16-5-3-11-22(16)18(24)15-4-1-2-10-20-15/h1-2,4,6-10,16H,3,5,11-12H2,(H,21,23). The van der Waals surface area contributed by atoms with Crippen molar-refractivity contribution in [1.29, 1.82) is 0 Å². The Labute approximate surface area is 145 Å². The molecule has 0 aliphatic carbocycles. The van der Waals surface area contributed by atoms with E-state index in [0.717, 1.165) is 12.0 Å². The van der Waals surface area contributed by atoms with Gasteiger partial charge in [0.05, 0.1) is 0 Å². The van der Waals surface area contributed by atoms with Crippen LogP contribution in [0, 0.1) is 0 Å². The van der Waals surface area contributed by atoms with E-state index in [2.05, 4.69) is 10.3 Å². The number of rotatable bonds is 4. The third kappa shape index (κ3) is 3.74. The Morgan fingerprint density at radius 2 is 2.00 bits per heavy atom.